The maximum Gasteiger partial charge on any atom is 0.262 e. The van der Waals surface area contributed by atoms with Crippen molar-refractivity contribution >= 4 is 29.0 Å². The maximum atomic E-state index is 12.2. The number of aliphatic hydroxyl groups excluding tert-OH is 1. The van der Waals surface area contributed by atoms with Crippen molar-refractivity contribution in [3.63, 3.8) is 0 Å². The Morgan fingerprint density at radius 1 is 1.40 bits per heavy atom. The maximum absolute atomic E-state index is 12.2. The fourth-order valence-corrected chi connectivity index (χ4v) is 2.77. The highest BCUT2D eigenvalue weighted by atomic mass is 35.5. The van der Waals surface area contributed by atoms with Gasteiger partial charge in [0.15, 0.2) is 5.78 Å². The number of carbonyl (C=O) groups excluding carboxylic acids is 2. The Kier molecular flexibility index (Phi) is 4.45. The number of alkyl halides is 1. The van der Waals surface area contributed by atoms with Gasteiger partial charge in [-0.3, -0.25) is 9.59 Å². The Labute approximate surface area is 122 Å². The van der Waals surface area contributed by atoms with Crippen LogP contribution in [0.25, 0.3) is 0 Å². The first-order chi connectivity index (χ1) is 9.54. The van der Waals surface area contributed by atoms with E-state index < -0.39 is 17.1 Å². The van der Waals surface area contributed by atoms with Crippen molar-refractivity contribution in [2.75, 3.05) is 5.32 Å². The van der Waals surface area contributed by atoms with Gasteiger partial charge in [-0.1, -0.05) is 25.1 Å². The Morgan fingerprint density at radius 3 is 2.65 bits per heavy atom. The van der Waals surface area contributed by atoms with Gasteiger partial charge in [-0.25, -0.2) is 0 Å². The Balaban J connectivity index is 2.27. The second-order valence-corrected chi connectivity index (χ2v) is 5.30. The lowest BCUT2D eigenvalue weighted by atomic mass is 9.85. The van der Waals surface area contributed by atoms with Crippen molar-refractivity contribution in [3.8, 4) is 0 Å². The van der Waals surface area contributed by atoms with Crippen LogP contribution in [0, 0.1) is 5.92 Å². The predicted molar refractivity (Wildman–Crippen MR) is 77.8 cm³/mol. The van der Waals surface area contributed by atoms with Crippen molar-refractivity contribution in [2.45, 2.75) is 25.1 Å². The third kappa shape index (κ3) is 2.85. The molecule has 2 N–H and O–H groups in total. The number of aliphatic hydroxyl groups is 1. The van der Waals surface area contributed by atoms with Crippen LogP contribution in [0.15, 0.2) is 41.7 Å². The highest BCUT2D eigenvalue weighted by molar-refractivity contribution is 6.29. The summed E-state index contributed by atoms with van der Waals surface area (Å²) >= 11 is 6.06. The minimum Gasteiger partial charge on any atom is -0.511 e. The summed E-state index contributed by atoms with van der Waals surface area (Å²) in [7, 11) is 0. The number of hydrogen-bond acceptors (Lipinski definition) is 3. The molecule has 0 bridgehead atoms. The van der Waals surface area contributed by atoms with Crippen LogP contribution in [0.4, 0.5) is 5.69 Å². The molecule has 2 rings (SSSR count). The van der Waals surface area contributed by atoms with Crippen LogP contribution >= 0.6 is 11.6 Å². The van der Waals surface area contributed by atoms with Gasteiger partial charge in [0.2, 0.25) is 0 Å². The second-order valence-electron chi connectivity index (χ2n) is 4.74. The molecule has 1 amide bonds. The van der Waals surface area contributed by atoms with E-state index in [0.29, 0.717) is 12.1 Å². The first-order valence-electron chi connectivity index (χ1n) is 6.51. The lowest BCUT2D eigenvalue weighted by Gasteiger charge is -2.26. The Bertz CT molecular complexity index is 553. The van der Waals surface area contributed by atoms with Crippen LogP contribution in [-0.2, 0) is 9.59 Å². The summed E-state index contributed by atoms with van der Waals surface area (Å²) in [6.07, 6.45) is 0.650. The molecule has 1 aliphatic carbocycles. The van der Waals surface area contributed by atoms with E-state index in [1.54, 1.807) is 24.3 Å². The molecule has 2 unspecified atom stereocenters. The molecule has 1 aliphatic rings. The number of rotatable bonds is 3. The Hall–Kier alpha value is -1.81. The molecule has 0 heterocycles. The van der Waals surface area contributed by atoms with Gasteiger partial charge < -0.3 is 10.4 Å². The molecule has 4 nitrogen and oxygen atoms in total. The Morgan fingerprint density at radius 2 is 2.05 bits per heavy atom. The van der Waals surface area contributed by atoms with Gasteiger partial charge in [0.1, 0.15) is 11.3 Å². The number of hydrogen-bond donors (Lipinski definition) is 2. The molecule has 0 fully saturated rings. The summed E-state index contributed by atoms with van der Waals surface area (Å²) < 4.78 is 0. The molecule has 0 spiro atoms. The third-order valence-electron chi connectivity index (χ3n) is 3.40. The van der Waals surface area contributed by atoms with Gasteiger partial charge in [-0.15, -0.1) is 11.6 Å². The van der Waals surface area contributed by atoms with Gasteiger partial charge in [-0.2, -0.15) is 0 Å². The minimum absolute atomic E-state index is 0.0711. The lowest BCUT2D eigenvalue weighted by molar-refractivity contribution is -0.121. The van der Waals surface area contributed by atoms with Crippen molar-refractivity contribution < 1.29 is 14.7 Å². The highest BCUT2D eigenvalue weighted by Gasteiger charge is 2.37. The molecule has 1 aromatic carbocycles. The SMILES string of the molecule is CCC1C(O)=C(C(=O)Nc2ccccc2)C(=O)CC1Cl. The second kappa shape index (κ2) is 6.09. The monoisotopic (exact) mass is 293 g/mol. The average Bonchev–Trinajstić information content (AvgIpc) is 2.39. The summed E-state index contributed by atoms with van der Waals surface area (Å²) in [5, 5.41) is 12.3. The van der Waals surface area contributed by atoms with Gasteiger partial charge in [0, 0.05) is 18.0 Å². The summed E-state index contributed by atoms with van der Waals surface area (Å²) in [5.74, 6) is -1.55. The minimum atomic E-state index is -0.583. The third-order valence-corrected chi connectivity index (χ3v) is 3.86. The number of para-hydroxylation sites is 1. The van der Waals surface area contributed by atoms with E-state index in [4.69, 9.17) is 11.6 Å². The lowest BCUT2D eigenvalue weighted by Crippen LogP contribution is -2.34. The van der Waals surface area contributed by atoms with E-state index in [1.807, 2.05) is 13.0 Å². The fourth-order valence-electron chi connectivity index (χ4n) is 2.33. The molecule has 20 heavy (non-hydrogen) atoms. The first-order valence-corrected chi connectivity index (χ1v) is 6.95. The quantitative estimate of drug-likeness (QED) is 0.665. The number of Topliss-reactive ketones (excluding diaryl/α,β-unsaturated/α-hetero) is 1. The summed E-state index contributed by atoms with van der Waals surface area (Å²) in [4.78, 5) is 24.1. The number of carbonyl (C=O) groups is 2. The molecule has 1 aromatic rings. The summed E-state index contributed by atoms with van der Waals surface area (Å²) in [5.41, 5.74) is 0.407. The van der Waals surface area contributed by atoms with E-state index in [1.165, 1.54) is 0 Å². The topological polar surface area (TPSA) is 66.4 Å². The standard InChI is InChI=1S/C15H16ClNO3/c1-2-10-11(16)8-12(18)13(14(10)19)15(20)17-9-6-4-3-5-7-9/h3-7,10-11,19H,2,8H2,1H3,(H,17,20). The summed E-state index contributed by atoms with van der Waals surface area (Å²) in [6, 6.07) is 8.80. The smallest absolute Gasteiger partial charge is 0.262 e. The molecule has 0 saturated heterocycles. The van der Waals surface area contributed by atoms with E-state index in [9.17, 15) is 14.7 Å². The zero-order chi connectivity index (χ0) is 14.7. The van der Waals surface area contributed by atoms with Gasteiger partial charge in [0.05, 0.1) is 5.38 Å². The van der Waals surface area contributed by atoms with E-state index >= 15 is 0 Å². The van der Waals surface area contributed by atoms with Crippen LogP contribution in [0.3, 0.4) is 0 Å². The van der Waals surface area contributed by atoms with Crippen molar-refractivity contribution in [1.82, 2.24) is 0 Å². The molecule has 2 atom stereocenters. The first kappa shape index (κ1) is 14.6. The predicted octanol–water partition coefficient (Wildman–Crippen LogP) is 3.04. The van der Waals surface area contributed by atoms with Gasteiger partial charge in [0.25, 0.3) is 5.91 Å². The van der Waals surface area contributed by atoms with Crippen molar-refractivity contribution in [2.24, 2.45) is 5.92 Å². The van der Waals surface area contributed by atoms with E-state index in [-0.39, 0.29) is 23.7 Å². The zero-order valence-electron chi connectivity index (χ0n) is 11.1. The van der Waals surface area contributed by atoms with E-state index in [0.717, 1.165) is 0 Å². The van der Waals surface area contributed by atoms with Crippen LogP contribution in [0.5, 0.6) is 0 Å². The van der Waals surface area contributed by atoms with Gasteiger partial charge in [-0.05, 0) is 18.6 Å². The molecule has 0 saturated carbocycles. The largest absolute Gasteiger partial charge is 0.511 e. The number of amides is 1. The van der Waals surface area contributed by atoms with Crippen LogP contribution < -0.4 is 5.32 Å². The number of anilines is 1. The van der Waals surface area contributed by atoms with Crippen LogP contribution in [-0.4, -0.2) is 22.2 Å². The fraction of sp³-hybridized carbons (Fsp3) is 0.333. The number of benzene rings is 1. The van der Waals surface area contributed by atoms with E-state index in [2.05, 4.69) is 5.32 Å². The number of ketones is 1. The van der Waals surface area contributed by atoms with Crippen LogP contribution in [0.1, 0.15) is 19.8 Å². The average molecular weight is 294 g/mol. The number of allylic oxidation sites excluding steroid dienone is 1. The van der Waals surface area contributed by atoms with Crippen molar-refractivity contribution in [3.05, 3.63) is 41.7 Å². The molecular weight excluding hydrogens is 278 g/mol. The zero-order valence-corrected chi connectivity index (χ0v) is 11.9. The van der Waals surface area contributed by atoms with Gasteiger partial charge >= 0.3 is 0 Å². The summed E-state index contributed by atoms with van der Waals surface area (Å²) in [6.45, 7) is 1.86. The molecule has 0 radical (unpaired) electrons. The number of nitrogens with one attached hydrogen (secondary N) is 1. The molecule has 106 valence electrons. The normalized spacial score (nSPS) is 22.8. The highest BCUT2D eigenvalue weighted by Crippen LogP contribution is 2.33. The molecule has 5 heteroatoms. The molecule has 0 aliphatic heterocycles. The van der Waals surface area contributed by atoms with Crippen molar-refractivity contribution in [1.29, 1.82) is 0 Å². The molecule has 0 aromatic heterocycles. The number of halogens is 1. The molecular formula is C15H16ClNO3. The van der Waals surface area contributed by atoms with Crippen LogP contribution in [0.2, 0.25) is 0 Å².